The summed E-state index contributed by atoms with van der Waals surface area (Å²) in [7, 11) is 0. The Balaban J connectivity index is 2.24. The lowest BCUT2D eigenvalue weighted by Gasteiger charge is -2.04. The van der Waals surface area contributed by atoms with E-state index in [1.165, 1.54) is 19.3 Å². The zero-order chi connectivity index (χ0) is 8.97. The van der Waals surface area contributed by atoms with E-state index < -0.39 is 0 Å². The average Bonchev–Trinajstić information content (AvgIpc) is 2.80. The Bertz CT molecular complexity index is 175. The van der Waals surface area contributed by atoms with Crippen molar-refractivity contribution in [3.8, 4) is 0 Å². The van der Waals surface area contributed by atoms with Crippen LogP contribution in [0.2, 0.25) is 0 Å². The van der Waals surface area contributed by atoms with Gasteiger partial charge in [0, 0.05) is 12.3 Å². The molecule has 0 aliphatic heterocycles. The summed E-state index contributed by atoms with van der Waals surface area (Å²) >= 11 is 0. The molecule has 1 nitrogen and oxygen atoms in total. The van der Waals surface area contributed by atoms with E-state index in [0.717, 1.165) is 18.2 Å². The fourth-order valence-corrected chi connectivity index (χ4v) is 1.27. The first-order valence-corrected chi connectivity index (χ1v) is 4.90. The highest BCUT2D eigenvalue weighted by molar-refractivity contribution is 5.95. The van der Waals surface area contributed by atoms with Crippen LogP contribution in [0.15, 0.2) is 17.6 Å². The van der Waals surface area contributed by atoms with Gasteiger partial charge in [-0.25, -0.2) is 0 Å². The quantitative estimate of drug-likeness (QED) is 0.555. The standard InChI is InChI=1S/C11H19N/c1-4-11(9(2)3)12-8-7-10-5-6-10/h4,9-10H,1,5-8H2,2-3H3. The van der Waals surface area contributed by atoms with Crippen LogP contribution in [0.5, 0.6) is 0 Å². The van der Waals surface area contributed by atoms with Crippen LogP contribution in [0, 0.1) is 11.8 Å². The van der Waals surface area contributed by atoms with E-state index in [9.17, 15) is 0 Å². The van der Waals surface area contributed by atoms with Crippen molar-refractivity contribution in [3.63, 3.8) is 0 Å². The average molecular weight is 165 g/mol. The molecule has 0 spiro atoms. The van der Waals surface area contributed by atoms with Crippen LogP contribution < -0.4 is 0 Å². The van der Waals surface area contributed by atoms with Gasteiger partial charge in [0.1, 0.15) is 0 Å². The summed E-state index contributed by atoms with van der Waals surface area (Å²) in [6.07, 6.45) is 6.03. The predicted octanol–water partition coefficient (Wildman–Crippen LogP) is 3.07. The fourth-order valence-electron chi connectivity index (χ4n) is 1.27. The molecule has 0 radical (unpaired) electrons. The second kappa shape index (κ2) is 4.44. The van der Waals surface area contributed by atoms with E-state index in [1.807, 2.05) is 6.08 Å². The summed E-state index contributed by atoms with van der Waals surface area (Å²) in [6, 6.07) is 0. The molecule has 0 amide bonds. The molecule has 1 heteroatoms. The van der Waals surface area contributed by atoms with Crippen LogP contribution in [-0.4, -0.2) is 12.3 Å². The largest absolute Gasteiger partial charge is 0.290 e. The fraction of sp³-hybridized carbons (Fsp3) is 0.727. The van der Waals surface area contributed by atoms with Gasteiger partial charge in [-0.1, -0.05) is 33.3 Å². The van der Waals surface area contributed by atoms with Crippen molar-refractivity contribution in [2.75, 3.05) is 6.54 Å². The first kappa shape index (κ1) is 9.50. The van der Waals surface area contributed by atoms with Crippen molar-refractivity contribution in [1.82, 2.24) is 0 Å². The van der Waals surface area contributed by atoms with Gasteiger partial charge < -0.3 is 0 Å². The van der Waals surface area contributed by atoms with E-state index >= 15 is 0 Å². The van der Waals surface area contributed by atoms with Crippen LogP contribution >= 0.6 is 0 Å². The van der Waals surface area contributed by atoms with E-state index in [1.54, 1.807) is 0 Å². The highest BCUT2D eigenvalue weighted by Crippen LogP contribution is 2.32. The lowest BCUT2D eigenvalue weighted by Crippen LogP contribution is -2.04. The van der Waals surface area contributed by atoms with E-state index in [-0.39, 0.29) is 0 Å². The van der Waals surface area contributed by atoms with Crippen molar-refractivity contribution >= 4 is 5.71 Å². The summed E-state index contributed by atoms with van der Waals surface area (Å²) in [5.74, 6) is 1.52. The van der Waals surface area contributed by atoms with Gasteiger partial charge in [-0.3, -0.25) is 4.99 Å². The van der Waals surface area contributed by atoms with E-state index in [2.05, 4.69) is 25.4 Å². The summed E-state index contributed by atoms with van der Waals surface area (Å²) in [6.45, 7) is 9.10. The van der Waals surface area contributed by atoms with Gasteiger partial charge in [-0.15, -0.1) is 0 Å². The maximum absolute atomic E-state index is 4.52. The van der Waals surface area contributed by atoms with Crippen molar-refractivity contribution in [3.05, 3.63) is 12.7 Å². The maximum Gasteiger partial charge on any atom is 0.0395 e. The molecule has 1 rings (SSSR count). The molecule has 12 heavy (non-hydrogen) atoms. The Kier molecular flexibility index (Phi) is 3.51. The monoisotopic (exact) mass is 165 g/mol. The molecule has 1 fully saturated rings. The van der Waals surface area contributed by atoms with Crippen molar-refractivity contribution < 1.29 is 0 Å². The molecule has 0 N–H and O–H groups in total. The normalized spacial score (nSPS) is 18.4. The summed E-state index contributed by atoms with van der Waals surface area (Å²) in [4.78, 5) is 4.52. The second-order valence-electron chi connectivity index (χ2n) is 3.90. The van der Waals surface area contributed by atoms with Crippen LogP contribution in [0.25, 0.3) is 0 Å². The van der Waals surface area contributed by atoms with Crippen LogP contribution in [0.4, 0.5) is 0 Å². The number of hydrogen-bond acceptors (Lipinski definition) is 1. The lowest BCUT2D eigenvalue weighted by molar-refractivity contribution is 0.733. The zero-order valence-electron chi connectivity index (χ0n) is 8.21. The minimum Gasteiger partial charge on any atom is -0.290 e. The Morgan fingerprint density at radius 3 is 2.67 bits per heavy atom. The first-order valence-electron chi connectivity index (χ1n) is 4.90. The van der Waals surface area contributed by atoms with Gasteiger partial charge in [-0.05, 0) is 24.3 Å². The predicted molar refractivity (Wildman–Crippen MR) is 54.7 cm³/mol. The molecule has 0 aromatic rings. The molecular weight excluding hydrogens is 146 g/mol. The van der Waals surface area contributed by atoms with Crippen LogP contribution in [0.3, 0.4) is 0 Å². The van der Waals surface area contributed by atoms with Crippen molar-refractivity contribution in [2.45, 2.75) is 33.1 Å². The molecule has 0 unspecified atom stereocenters. The van der Waals surface area contributed by atoms with Crippen molar-refractivity contribution in [1.29, 1.82) is 0 Å². The minimum atomic E-state index is 0.529. The number of aliphatic imine (C=N–C) groups is 1. The Morgan fingerprint density at radius 2 is 2.25 bits per heavy atom. The van der Waals surface area contributed by atoms with Crippen LogP contribution in [-0.2, 0) is 0 Å². The summed E-state index contributed by atoms with van der Waals surface area (Å²) in [5, 5.41) is 0. The molecular formula is C11H19N. The Hall–Kier alpha value is -0.590. The summed E-state index contributed by atoms with van der Waals surface area (Å²) in [5.41, 5.74) is 1.16. The highest BCUT2D eigenvalue weighted by atomic mass is 14.7. The third-order valence-corrected chi connectivity index (χ3v) is 2.33. The maximum atomic E-state index is 4.52. The third-order valence-electron chi connectivity index (χ3n) is 2.33. The summed E-state index contributed by atoms with van der Waals surface area (Å²) < 4.78 is 0. The van der Waals surface area contributed by atoms with Gasteiger partial charge in [0.05, 0.1) is 0 Å². The molecule has 0 atom stereocenters. The highest BCUT2D eigenvalue weighted by Gasteiger charge is 2.20. The number of nitrogens with zero attached hydrogens (tertiary/aromatic N) is 1. The topological polar surface area (TPSA) is 12.4 Å². The number of rotatable bonds is 5. The first-order chi connectivity index (χ1) is 5.74. The van der Waals surface area contributed by atoms with Crippen LogP contribution in [0.1, 0.15) is 33.1 Å². The molecule has 68 valence electrons. The van der Waals surface area contributed by atoms with E-state index in [0.29, 0.717) is 5.92 Å². The van der Waals surface area contributed by atoms with Gasteiger partial charge in [-0.2, -0.15) is 0 Å². The molecule has 0 saturated heterocycles. The number of hydrogen-bond donors (Lipinski definition) is 0. The molecule has 1 aliphatic carbocycles. The SMILES string of the molecule is C=CC(=NCCC1CC1)C(C)C. The second-order valence-corrected chi connectivity index (χ2v) is 3.90. The van der Waals surface area contributed by atoms with Gasteiger partial charge in [0.15, 0.2) is 0 Å². The Morgan fingerprint density at radius 1 is 1.58 bits per heavy atom. The van der Waals surface area contributed by atoms with Gasteiger partial charge >= 0.3 is 0 Å². The smallest absolute Gasteiger partial charge is 0.0395 e. The lowest BCUT2D eigenvalue weighted by atomic mass is 10.1. The van der Waals surface area contributed by atoms with Gasteiger partial charge in [0.2, 0.25) is 0 Å². The molecule has 0 aromatic heterocycles. The van der Waals surface area contributed by atoms with Gasteiger partial charge in [0.25, 0.3) is 0 Å². The molecule has 0 aromatic carbocycles. The molecule has 0 bridgehead atoms. The molecule has 1 aliphatic rings. The Labute approximate surface area is 75.6 Å². The van der Waals surface area contributed by atoms with E-state index in [4.69, 9.17) is 0 Å². The molecule has 1 saturated carbocycles. The minimum absolute atomic E-state index is 0.529. The molecule has 0 heterocycles. The third kappa shape index (κ3) is 3.21. The zero-order valence-corrected chi connectivity index (χ0v) is 8.21. The van der Waals surface area contributed by atoms with Crippen molar-refractivity contribution in [2.24, 2.45) is 16.8 Å². The number of allylic oxidation sites excluding steroid dienone is 1.